The zero-order chi connectivity index (χ0) is 15.1. The molecule has 1 N–H and O–H groups in total. The minimum Gasteiger partial charge on any atom is -0.481 e. The van der Waals surface area contributed by atoms with E-state index in [9.17, 15) is 9.18 Å². The number of ether oxygens (including phenoxy) is 1. The second-order valence-electron chi connectivity index (χ2n) is 5.72. The topological polar surface area (TPSA) is 38.3 Å². The lowest BCUT2D eigenvalue weighted by Crippen LogP contribution is -2.40. The van der Waals surface area contributed by atoms with E-state index in [2.05, 4.69) is 5.32 Å². The molecular weight excluding hydrogens is 269 g/mol. The fourth-order valence-corrected chi connectivity index (χ4v) is 2.75. The Balaban J connectivity index is 1.81. The van der Waals surface area contributed by atoms with Crippen molar-refractivity contribution < 1.29 is 13.9 Å². The number of hydrogen-bond acceptors (Lipinski definition) is 2. The lowest BCUT2D eigenvalue weighted by molar-refractivity contribution is -0.128. The predicted octanol–water partition coefficient (Wildman–Crippen LogP) is 3.68. The molecule has 0 aromatic heterocycles. The van der Waals surface area contributed by atoms with Crippen LogP contribution in [0.5, 0.6) is 5.75 Å². The first-order valence-electron chi connectivity index (χ1n) is 7.89. The van der Waals surface area contributed by atoms with Crippen molar-refractivity contribution in [3.8, 4) is 5.75 Å². The molecule has 0 saturated heterocycles. The Hall–Kier alpha value is -1.58. The Morgan fingerprint density at radius 2 is 1.95 bits per heavy atom. The zero-order valence-electron chi connectivity index (χ0n) is 12.6. The number of benzene rings is 1. The van der Waals surface area contributed by atoms with Crippen molar-refractivity contribution in [1.29, 1.82) is 0 Å². The van der Waals surface area contributed by atoms with Crippen molar-refractivity contribution in [2.75, 3.05) is 6.54 Å². The van der Waals surface area contributed by atoms with Crippen LogP contribution < -0.4 is 10.1 Å². The molecule has 0 heterocycles. The Bertz CT molecular complexity index is 441. The molecule has 0 bridgehead atoms. The Labute approximate surface area is 125 Å². The minimum atomic E-state index is -0.515. The molecule has 2 rings (SSSR count). The second-order valence-corrected chi connectivity index (χ2v) is 5.72. The second kappa shape index (κ2) is 8.01. The van der Waals surface area contributed by atoms with Gasteiger partial charge in [-0.1, -0.05) is 26.2 Å². The fraction of sp³-hybridized carbons (Fsp3) is 0.588. The average Bonchev–Trinajstić information content (AvgIpc) is 2.53. The first kappa shape index (κ1) is 15.8. The highest BCUT2D eigenvalue weighted by Crippen LogP contribution is 2.23. The number of halogens is 1. The molecular formula is C17H24FNO2. The summed E-state index contributed by atoms with van der Waals surface area (Å²) in [6, 6.07) is 5.77. The maximum absolute atomic E-state index is 12.9. The highest BCUT2D eigenvalue weighted by atomic mass is 19.1. The summed E-state index contributed by atoms with van der Waals surface area (Å²) < 4.78 is 18.5. The van der Waals surface area contributed by atoms with Crippen molar-refractivity contribution in [2.24, 2.45) is 5.92 Å². The Morgan fingerprint density at radius 3 is 2.57 bits per heavy atom. The van der Waals surface area contributed by atoms with Crippen LogP contribution in [-0.4, -0.2) is 18.6 Å². The van der Waals surface area contributed by atoms with Crippen LogP contribution in [0.3, 0.4) is 0 Å². The summed E-state index contributed by atoms with van der Waals surface area (Å²) in [5, 5.41) is 3.00. The predicted molar refractivity (Wildman–Crippen MR) is 80.7 cm³/mol. The van der Waals surface area contributed by atoms with Gasteiger partial charge in [0.2, 0.25) is 0 Å². The summed E-state index contributed by atoms with van der Waals surface area (Å²) in [5.41, 5.74) is 0. The van der Waals surface area contributed by atoms with Crippen molar-refractivity contribution in [3.63, 3.8) is 0 Å². The molecule has 3 nitrogen and oxygen atoms in total. The van der Waals surface area contributed by atoms with Gasteiger partial charge in [-0.3, -0.25) is 4.79 Å². The van der Waals surface area contributed by atoms with Crippen LogP contribution >= 0.6 is 0 Å². The average molecular weight is 293 g/mol. The van der Waals surface area contributed by atoms with Gasteiger partial charge in [-0.25, -0.2) is 4.39 Å². The molecule has 1 aromatic rings. The number of hydrogen-bond donors (Lipinski definition) is 1. The number of rotatable bonds is 6. The van der Waals surface area contributed by atoms with E-state index in [0.29, 0.717) is 18.1 Å². The SMILES string of the molecule is CC[C@@H](Oc1ccc(F)cc1)C(=O)NCC1CCCCC1. The normalized spacial score (nSPS) is 17.2. The van der Waals surface area contributed by atoms with E-state index in [1.165, 1.54) is 44.2 Å². The van der Waals surface area contributed by atoms with E-state index in [0.717, 1.165) is 6.54 Å². The molecule has 1 atom stereocenters. The summed E-state index contributed by atoms with van der Waals surface area (Å²) in [5.74, 6) is 0.742. The van der Waals surface area contributed by atoms with E-state index in [1.54, 1.807) is 12.1 Å². The fourth-order valence-electron chi connectivity index (χ4n) is 2.75. The number of carbonyl (C=O) groups is 1. The van der Waals surface area contributed by atoms with Crippen LogP contribution in [0, 0.1) is 11.7 Å². The van der Waals surface area contributed by atoms with Crippen molar-refractivity contribution in [2.45, 2.75) is 51.6 Å². The summed E-state index contributed by atoms with van der Waals surface area (Å²) in [7, 11) is 0. The van der Waals surface area contributed by atoms with Crippen LogP contribution in [-0.2, 0) is 4.79 Å². The van der Waals surface area contributed by atoms with Gasteiger partial charge in [0, 0.05) is 6.54 Å². The molecule has 0 aliphatic heterocycles. The largest absolute Gasteiger partial charge is 0.481 e. The lowest BCUT2D eigenvalue weighted by atomic mass is 9.89. The van der Waals surface area contributed by atoms with E-state index in [1.807, 2.05) is 6.92 Å². The molecule has 1 fully saturated rings. The van der Waals surface area contributed by atoms with Crippen LogP contribution in [0.2, 0.25) is 0 Å². The van der Waals surface area contributed by atoms with Crippen molar-refractivity contribution in [1.82, 2.24) is 5.32 Å². The monoisotopic (exact) mass is 293 g/mol. The van der Waals surface area contributed by atoms with Gasteiger partial charge in [-0.2, -0.15) is 0 Å². The summed E-state index contributed by atoms with van der Waals surface area (Å²) in [6.45, 7) is 2.65. The van der Waals surface area contributed by atoms with Gasteiger partial charge in [0.15, 0.2) is 6.10 Å². The summed E-state index contributed by atoms with van der Waals surface area (Å²) >= 11 is 0. The summed E-state index contributed by atoms with van der Waals surface area (Å²) in [6.07, 6.45) is 6.34. The Kier molecular flexibility index (Phi) is 6.03. The van der Waals surface area contributed by atoms with Gasteiger partial charge in [-0.05, 0) is 49.4 Å². The molecule has 116 valence electrons. The van der Waals surface area contributed by atoms with Crippen molar-refractivity contribution >= 4 is 5.91 Å². The van der Waals surface area contributed by atoms with E-state index >= 15 is 0 Å². The molecule has 4 heteroatoms. The van der Waals surface area contributed by atoms with Gasteiger partial charge < -0.3 is 10.1 Å². The van der Waals surface area contributed by atoms with Crippen LogP contribution in [0.25, 0.3) is 0 Å². The quantitative estimate of drug-likeness (QED) is 0.869. The molecule has 0 spiro atoms. The molecule has 1 saturated carbocycles. The van der Waals surface area contributed by atoms with Gasteiger partial charge in [0.1, 0.15) is 11.6 Å². The summed E-state index contributed by atoms with van der Waals surface area (Å²) in [4.78, 5) is 12.2. The standard InChI is InChI=1S/C17H24FNO2/c1-2-16(21-15-10-8-14(18)9-11-15)17(20)19-12-13-6-4-3-5-7-13/h8-11,13,16H,2-7,12H2,1H3,(H,19,20)/t16-/m1/s1. The van der Waals surface area contributed by atoms with Gasteiger partial charge >= 0.3 is 0 Å². The number of carbonyl (C=O) groups excluding carboxylic acids is 1. The highest BCUT2D eigenvalue weighted by molar-refractivity contribution is 5.81. The van der Waals surface area contributed by atoms with Crippen LogP contribution in [0.15, 0.2) is 24.3 Å². The maximum atomic E-state index is 12.9. The molecule has 0 radical (unpaired) electrons. The van der Waals surface area contributed by atoms with Crippen molar-refractivity contribution in [3.05, 3.63) is 30.1 Å². The molecule has 1 aliphatic carbocycles. The smallest absolute Gasteiger partial charge is 0.261 e. The van der Waals surface area contributed by atoms with E-state index < -0.39 is 6.10 Å². The van der Waals surface area contributed by atoms with Gasteiger partial charge in [0.05, 0.1) is 0 Å². The number of nitrogens with one attached hydrogen (secondary N) is 1. The maximum Gasteiger partial charge on any atom is 0.261 e. The first-order chi connectivity index (χ1) is 10.2. The van der Waals surface area contributed by atoms with Gasteiger partial charge in [-0.15, -0.1) is 0 Å². The molecule has 1 aromatic carbocycles. The highest BCUT2D eigenvalue weighted by Gasteiger charge is 2.20. The lowest BCUT2D eigenvalue weighted by Gasteiger charge is -2.23. The molecule has 1 amide bonds. The third kappa shape index (κ3) is 5.03. The molecule has 21 heavy (non-hydrogen) atoms. The minimum absolute atomic E-state index is 0.0765. The van der Waals surface area contributed by atoms with E-state index in [-0.39, 0.29) is 11.7 Å². The third-order valence-electron chi connectivity index (χ3n) is 4.04. The molecule has 1 aliphatic rings. The first-order valence-corrected chi connectivity index (χ1v) is 7.89. The van der Waals surface area contributed by atoms with Crippen LogP contribution in [0.4, 0.5) is 4.39 Å². The van der Waals surface area contributed by atoms with Crippen LogP contribution in [0.1, 0.15) is 45.4 Å². The molecule has 0 unspecified atom stereocenters. The zero-order valence-corrected chi connectivity index (χ0v) is 12.6. The third-order valence-corrected chi connectivity index (χ3v) is 4.04. The van der Waals surface area contributed by atoms with E-state index in [4.69, 9.17) is 4.74 Å². The Morgan fingerprint density at radius 1 is 1.29 bits per heavy atom. The van der Waals surface area contributed by atoms with Gasteiger partial charge in [0.25, 0.3) is 5.91 Å². The number of amides is 1.